The van der Waals surface area contributed by atoms with Crippen LogP contribution in [0, 0.1) is 6.92 Å². The summed E-state index contributed by atoms with van der Waals surface area (Å²) in [5, 5.41) is 13.4. The number of guanidine groups is 1. The molecule has 2 aromatic carbocycles. The highest BCUT2D eigenvalue weighted by atomic mass is 127. The van der Waals surface area contributed by atoms with Crippen LogP contribution in [-0.4, -0.2) is 23.2 Å². The van der Waals surface area contributed by atoms with Gasteiger partial charge in [-0.3, -0.25) is 10.1 Å². The van der Waals surface area contributed by atoms with E-state index in [2.05, 4.69) is 44.9 Å². The molecule has 0 aliphatic heterocycles. The van der Waals surface area contributed by atoms with Gasteiger partial charge in [-0.1, -0.05) is 30.3 Å². The molecule has 0 saturated carbocycles. The molecule has 0 radical (unpaired) electrons. The number of halogens is 1. The Morgan fingerprint density at radius 3 is 2.56 bits per heavy atom. The topological polar surface area (TPSA) is 74.3 Å². The molecule has 0 bridgehead atoms. The van der Waals surface area contributed by atoms with Crippen LogP contribution in [0.15, 0.2) is 65.8 Å². The summed E-state index contributed by atoms with van der Waals surface area (Å²) in [5.74, 6) is 2.37. The van der Waals surface area contributed by atoms with Crippen LogP contribution in [-0.2, 0) is 13.1 Å². The van der Waals surface area contributed by atoms with Crippen LogP contribution in [0.5, 0.6) is 11.5 Å². The van der Waals surface area contributed by atoms with Crippen LogP contribution in [0.2, 0.25) is 0 Å². The fraction of sp³-hybridized carbons (Fsp3) is 0.200. The molecule has 3 rings (SSSR count). The number of hydrogen-bond donors (Lipinski definition) is 3. The molecule has 0 amide bonds. The SMILES string of the molecule is CN=C(NCc1ccn[nH]1)NCc1ccc(C)cc1Oc1ccccc1.I. The van der Waals surface area contributed by atoms with E-state index in [9.17, 15) is 0 Å². The number of aryl methyl sites for hydroxylation is 1. The second-order valence-corrected chi connectivity index (χ2v) is 5.89. The zero-order chi connectivity index (χ0) is 18.2. The Morgan fingerprint density at radius 1 is 1.07 bits per heavy atom. The number of para-hydroxylation sites is 1. The van der Waals surface area contributed by atoms with Gasteiger partial charge in [-0.2, -0.15) is 5.10 Å². The highest BCUT2D eigenvalue weighted by molar-refractivity contribution is 14.0. The minimum absolute atomic E-state index is 0. The van der Waals surface area contributed by atoms with Crippen molar-refractivity contribution in [3.05, 3.63) is 77.6 Å². The molecule has 0 fully saturated rings. The summed E-state index contributed by atoms with van der Waals surface area (Å²) in [5.41, 5.74) is 3.21. The first-order valence-corrected chi connectivity index (χ1v) is 8.50. The quantitative estimate of drug-likeness (QED) is 0.285. The third kappa shape index (κ3) is 6.28. The zero-order valence-corrected chi connectivity index (χ0v) is 17.7. The summed E-state index contributed by atoms with van der Waals surface area (Å²) in [4.78, 5) is 4.25. The third-order valence-electron chi connectivity index (χ3n) is 3.87. The lowest BCUT2D eigenvalue weighted by Gasteiger charge is -2.15. The second kappa shape index (κ2) is 10.6. The number of nitrogens with zero attached hydrogens (tertiary/aromatic N) is 2. The average Bonchev–Trinajstić information content (AvgIpc) is 3.18. The molecular weight excluding hydrogens is 453 g/mol. The van der Waals surface area contributed by atoms with E-state index in [1.54, 1.807) is 13.2 Å². The van der Waals surface area contributed by atoms with E-state index in [-0.39, 0.29) is 24.0 Å². The molecule has 6 nitrogen and oxygen atoms in total. The number of rotatable bonds is 6. The molecule has 1 aromatic heterocycles. The largest absolute Gasteiger partial charge is 0.457 e. The molecule has 3 aromatic rings. The summed E-state index contributed by atoms with van der Waals surface area (Å²) >= 11 is 0. The molecule has 0 saturated heterocycles. The minimum Gasteiger partial charge on any atom is -0.457 e. The van der Waals surface area contributed by atoms with E-state index in [1.807, 2.05) is 42.5 Å². The summed E-state index contributed by atoms with van der Waals surface area (Å²) in [6, 6.07) is 17.9. The van der Waals surface area contributed by atoms with Crippen molar-refractivity contribution in [3.63, 3.8) is 0 Å². The van der Waals surface area contributed by atoms with E-state index < -0.39 is 0 Å². The van der Waals surface area contributed by atoms with Crippen molar-refractivity contribution < 1.29 is 4.74 Å². The van der Waals surface area contributed by atoms with Gasteiger partial charge >= 0.3 is 0 Å². The van der Waals surface area contributed by atoms with Crippen LogP contribution >= 0.6 is 24.0 Å². The normalized spacial score (nSPS) is 10.8. The Morgan fingerprint density at radius 2 is 1.85 bits per heavy atom. The molecule has 0 atom stereocenters. The van der Waals surface area contributed by atoms with E-state index in [0.29, 0.717) is 19.0 Å². The van der Waals surface area contributed by atoms with Crippen LogP contribution in [0.3, 0.4) is 0 Å². The fourth-order valence-corrected chi connectivity index (χ4v) is 2.48. The maximum Gasteiger partial charge on any atom is 0.191 e. The number of aromatic amines is 1. The van der Waals surface area contributed by atoms with Gasteiger partial charge in [-0.05, 0) is 36.8 Å². The van der Waals surface area contributed by atoms with Gasteiger partial charge in [0.1, 0.15) is 11.5 Å². The molecule has 142 valence electrons. The number of H-pyrrole nitrogens is 1. The van der Waals surface area contributed by atoms with Crippen LogP contribution in [0.25, 0.3) is 0 Å². The highest BCUT2D eigenvalue weighted by Gasteiger charge is 2.07. The number of nitrogens with one attached hydrogen (secondary N) is 3. The van der Waals surface area contributed by atoms with Crippen molar-refractivity contribution in [2.45, 2.75) is 20.0 Å². The number of benzene rings is 2. The average molecular weight is 477 g/mol. The Bertz CT molecular complexity index is 850. The predicted octanol–water partition coefficient (Wildman–Crippen LogP) is 3.99. The predicted molar refractivity (Wildman–Crippen MR) is 119 cm³/mol. The number of aromatic nitrogens is 2. The molecule has 27 heavy (non-hydrogen) atoms. The fourth-order valence-electron chi connectivity index (χ4n) is 2.48. The number of hydrogen-bond acceptors (Lipinski definition) is 3. The highest BCUT2D eigenvalue weighted by Crippen LogP contribution is 2.26. The number of aliphatic imine (C=N–C) groups is 1. The van der Waals surface area contributed by atoms with Crippen molar-refractivity contribution in [2.75, 3.05) is 7.05 Å². The van der Waals surface area contributed by atoms with Gasteiger partial charge in [0.25, 0.3) is 0 Å². The standard InChI is InChI=1S/C20H23N5O.HI/c1-15-8-9-16(19(12-15)26-18-6-4-3-5-7-18)13-22-20(21-2)23-14-17-10-11-24-25-17;/h3-12H,13-14H2,1-2H3,(H,24,25)(H2,21,22,23);1H. The molecule has 7 heteroatoms. The summed E-state index contributed by atoms with van der Waals surface area (Å²) < 4.78 is 6.06. The molecule has 1 heterocycles. The van der Waals surface area contributed by atoms with Gasteiger partial charge < -0.3 is 15.4 Å². The lowest BCUT2D eigenvalue weighted by atomic mass is 10.1. The van der Waals surface area contributed by atoms with E-state index in [1.165, 1.54) is 0 Å². The Balaban J connectivity index is 0.00000261. The van der Waals surface area contributed by atoms with Gasteiger partial charge in [-0.25, -0.2) is 0 Å². The Labute approximate surface area is 176 Å². The van der Waals surface area contributed by atoms with Gasteiger partial charge in [0.2, 0.25) is 0 Å². The summed E-state index contributed by atoms with van der Waals surface area (Å²) in [7, 11) is 1.75. The lowest BCUT2D eigenvalue weighted by Crippen LogP contribution is -2.36. The van der Waals surface area contributed by atoms with Crippen LogP contribution in [0.4, 0.5) is 0 Å². The van der Waals surface area contributed by atoms with Gasteiger partial charge in [-0.15, -0.1) is 24.0 Å². The van der Waals surface area contributed by atoms with E-state index in [4.69, 9.17) is 4.74 Å². The van der Waals surface area contributed by atoms with Crippen molar-refractivity contribution >= 4 is 29.9 Å². The maximum absolute atomic E-state index is 6.06. The summed E-state index contributed by atoms with van der Waals surface area (Å²) in [6.45, 7) is 3.28. The Kier molecular flexibility index (Phi) is 8.12. The first-order valence-electron chi connectivity index (χ1n) is 8.50. The molecule has 0 unspecified atom stereocenters. The first-order chi connectivity index (χ1) is 12.7. The minimum atomic E-state index is 0. The van der Waals surface area contributed by atoms with E-state index >= 15 is 0 Å². The zero-order valence-electron chi connectivity index (χ0n) is 15.4. The molecular formula is C20H24IN5O. The molecule has 0 aliphatic rings. The van der Waals surface area contributed by atoms with Crippen molar-refractivity contribution in [1.82, 2.24) is 20.8 Å². The summed E-state index contributed by atoms with van der Waals surface area (Å²) in [6.07, 6.45) is 1.73. The van der Waals surface area contributed by atoms with Crippen molar-refractivity contribution in [2.24, 2.45) is 4.99 Å². The monoisotopic (exact) mass is 477 g/mol. The molecule has 0 spiro atoms. The van der Waals surface area contributed by atoms with Crippen molar-refractivity contribution in [3.8, 4) is 11.5 Å². The van der Waals surface area contributed by atoms with Gasteiger partial charge in [0.05, 0.1) is 12.2 Å². The van der Waals surface area contributed by atoms with Gasteiger partial charge in [0, 0.05) is 25.4 Å². The van der Waals surface area contributed by atoms with Crippen LogP contribution < -0.4 is 15.4 Å². The first kappa shape index (κ1) is 20.8. The molecule has 3 N–H and O–H groups in total. The maximum atomic E-state index is 6.06. The van der Waals surface area contributed by atoms with Crippen LogP contribution in [0.1, 0.15) is 16.8 Å². The second-order valence-electron chi connectivity index (χ2n) is 5.89. The smallest absolute Gasteiger partial charge is 0.191 e. The van der Waals surface area contributed by atoms with Gasteiger partial charge in [0.15, 0.2) is 5.96 Å². The molecule has 0 aliphatic carbocycles. The lowest BCUT2D eigenvalue weighted by molar-refractivity contribution is 0.474. The van der Waals surface area contributed by atoms with E-state index in [0.717, 1.165) is 28.3 Å². The Hall–Kier alpha value is -2.55. The number of ether oxygens (including phenoxy) is 1. The third-order valence-corrected chi connectivity index (χ3v) is 3.87. The van der Waals surface area contributed by atoms with Crippen molar-refractivity contribution in [1.29, 1.82) is 0 Å².